The van der Waals surface area contributed by atoms with Gasteiger partial charge in [-0.15, -0.1) is 0 Å². The Balaban J connectivity index is 2.36. The van der Waals surface area contributed by atoms with Crippen LogP contribution < -0.4 is 5.32 Å². The predicted molar refractivity (Wildman–Crippen MR) is 64.8 cm³/mol. The number of carbonyl (C=O) groups is 1. The maximum atomic E-state index is 11.3. The van der Waals surface area contributed by atoms with Crippen molar-refractivity contribution in [2.45, 2.75) is 13.0 Å². The molecule has 0 radical (unpaired) electrons. The van der Waals surface area contributed by atoms with E-state index in [1.54, 1.807) is 6.07 Å². The van der Waals surface area contributed by atoms with E-state index in [-0.39, 0.29) is 0 Å². The zero-order chi connectivity index (χ0) is 11.8. The summed E-state index contributed by atoms with van der Waals surface area (Å²) in [5.74, 6) is 1.01. The summed E-state index contributed by atoms with van der Waals surface area (Å²) in [6.45, 7) is 1.57. The van der Waals surface area contributed by atoms with Crippen LogP contribution in [0, 0.1) is 0 Å². The summed E-state index contributed by atoms with van der Waals surface area (Å²) in [7, 11) is 1.35. The number of hydrogen-bond acceptors (Lipinski definition) is 5. The third-order valence-corrected chi connectivity index (χ3v) is 2.83. The molecule has 5 heteroatoms. The van der Waals surface area contributed by atoms with Gasteiger partial charge in [0.05, 0.1) is 13.4 Å². The largest absolute Gasteiger partial charge is 0.463 e. The fraction of sp³-hybridized carbons (Fsp3) is 0.545. The first kappa shape index (κ1) is 13.1. The van der Waals surface area contributed by atoms with E-state index in [2.05, 4.69) is 16.3 Å². The third kappa shape index (κ3) is 3.90. The molecule has 0 spiro atoms. The number of esters is 1. The maximum Gasteiger partial charge on any atom is 0.374 e. The molecule has 16 heavy (non-hydrogen) atoms. The molecule has 0 aliphatic carbocycles. The minimum absolute atomic E-state index is 0.292. The van der Waals surface area contributed by atoms with E-state index in [1.165, 1.54) is 13.4 Å². The molecule has 1 aromatic heterocycles. The van der Waals surface area contributed by atoms with Gasteiger partial charge in [0.15, 0.2) is 0 Å². The average Bonchev–Trinajstić information content (AvgIpc) is 2.76. The van der Waals surface area contributed by atoms with E-state index < -0.39 is 5.97 Å². The van der Waals surface area contributed by atoms with Gasteiger partial charge in [0.25, 0.3) is 0 Å². The lowest BCUT2D eigenvalue weighted by Gasteiger charge is -2.03. The standard InChI is InChI=1S/C11H17NO3S/c1-14-11(13)10-9(4-6-15-10)8-12-5-3-7-16-2/h4,6,12H,3,5,7-8H2,1-2H3. The van der Waals surface area contributed by atoms with Crippen molar-refractivity contribution < 1.29 is 13.9 Å². The molecule has 0 aromatic carbocycles. The van der Waals surface area contributed by atoms with Crippen LogP contribution in [0.15, 0.2) is 16.7 Å². The fourth-order valence-electron chi connectivity index (χ4n) is 1.31. The molecule has 0 saturated carbocycles. The second kappa shape index (κ2) is 7.35. The van der Waals surface area contributed by atoms with Crippen LogP contribution >= 0.6 is 11.8 Å². The summed E-state index contributed by atoms with van der Waals surface area (Å²) in [5, 5.41) is 3.26. The highest BCUT2D eigenvalue weighted by molar-refractivity contribution is 7.98. The van der Waals surface area contributed by atoms with Gasteiger partial charge in [0, 0.05) is 12.1 Å². The Bertz CT molecular complexity index is 325. The second-order valence-corrected chi connectivity index (χ2v) is 4.28. The Labute approximate surface area is 99.7 Å². The highest BCUT2D eigenvalue weighted by Crippen LogP contribution is 2.11. The van der Waals surface area contributed by atoms with Gasteiger partial charge >= 0.3 is 5.97 Å². The molecule has 1 heterocycles. The van der Waals surface area contributed by atoms with Crippen molar-refractivity contribution in [2.24, 2.45) is 0 Å². The molecule has 0 saturated heterocycles. The summed E-state index contributed by atoms with van der Waals surface area (Å²) in [4.78, 5) is 11.3. The average molecular weight is 243 g/mol. The molecule has 0 atom stereocenters. The molecular formula is C11H17NO3S. The zero-order valence-corrected chi connectivity index (χ0v) is 10.4. The molecule has 1 aromatic rings. The van der Waals surface area contributed by atoms with Gasteiger partial charge in [-0.25, -0.2) is 4.79 Å². The van der Waals surface area contributed by atoms with Crippen LogP contribution in [0.1, 0.15) is 22.5 Å². The third-order valence-electron chi connectivity index (χ3n) is 2.14. The van der Waals surface area contributed by atoms with E-state index in [9.17, 15) is 4.79 Å². The minimum Gasteiger partial charge on any atom is -0.463 e. The first-order chi connectivity index (χ1) is 7.79. The Morgan fingerprint density at radius 3 is 3.12 bits per heavy atom. The van der Waals surface area contributed by atoms with Crippen molar-refractivity contribution in [3.63, 3.8) is 0 Å². The van der Waals surface area contributed by atoms with Crippen molar-refractivity contribution >= 4 is 17.7 Å². The number of methoxy groups -OCH3 is 1. The lowest BCUT2D eigenvalue weighted by Crippen LogP contribution is -2.16. The van der Waals surface area contributed by atoms with E-state index in [1.807, 2.05) is 11.8 Å². The molecule has 4 nitrogen and oxygen atoms in total. The van der Waals surface area contributed by atoms with Gasteiger partial charge in [0.2, 0.25) is 5.76 Å². The first-order valence-corrected chi connectivity index (χ1v) is 6.53. The van der Waals surface area contributed by atoms with Crippen LogP contribution in [0.25, 0.3) is 0 Å². The molecule has 0 bridgehead atoms. The number of hydrogen-bond donors (Lipinski definition) is 1. The summed E-state index contributed by atoms with van der Waals surface area (Å²) in [6.07, 6.45) is 4.71. The molecule has 1 rings (SSSR count). The molecule has 90 valence electrons. The summed E-state index contributed by atoms with van der Waals surface area (Å²) in [6, 6.07) is 1.79. The van der Waals surface area contributed by atoms with E-state index in [0.717, 1.165) is 24.3 Å². The first-order valence-electron chi connectivity index (χ1n) is 5.14. The molecule has 0 unspecified atom stereocenters. The van der Waals surface area contributed by atoms with Crippen LogP contribution in [0.2, 0.25) is 0 Å². The van der Waals surface area contributed by atoms with Crippen molar-refractivity contribution in [1.82, 2.24) is 5.32 Å². The van der Waals surface area contributed by atoms with Crippen LogP contribution in [0.3, 0.4) is 0 Å². The quantitative estimate of drug-likeness (QED) is 0.585. The summed E-state index contributed by atoms with van der Waals surface area (Å²) < 4.78 is 9.69. The van der Waals surface area contributed by atoms with Crippen molar-refractivity contribution in [3.05, 3.63) is 23.7 Å². The van der Waals surface area contributed by atoms with Crippen molar-refractivity contribution in [3.8, 4) is 0 Å². The Hall–Kier alpha value is -0.940. The van der Waals surface area contributed by atoms with Crippen LogP contribution in [0.5, 0.6) is 0 Å². The molecule has 0 amide bonds. The second-order valence-electron chi connectivity index (χ2n) is 3.29. The molecule has 0 fully saturated rings. The van der Waals surface area contributed by atoms with E-state index in [0.29, 0.717) is 12.3 Å². The van der Waals surface area contributed by atoms with Crippen molar-refractivity contribution in [1.29, 1.82) is 0 Å². The normalized spacial score (nSPS) is 10.4. The lowest BCUT2D eigenvalue weighted by atomic mass is 10.2. The number of nitrogens with one attached hydrogen (secondary N) is 1. The molecule has 0 aliphatic heterocycles. The highest BCUT2D eigenvalue weighted by Gasteiger charge is 2.14. The summed E-state index contributed by atoms with van der Waals surface area (Å²) in [5.41, 5.74) is 0.844. The Kier molecular flexibility index (Phi) is 6.03. The SMILES string of the molecule is COC(=O)c1occc1CNCCCSC. The Morgan fingerprint density at radius 2 is 2.44 bits per heavy atom. The van der Waals surface area contributed by atoms with E-state index >= 15 is 0 Å². The van der Waals surface area contributed by atoms with Gasteiger partial charge in [0.1, 0.15) is 0 Å². The van der Waals surface area contributed by atoms with Crippen LogP contribution in [-0.4, -0.2) is 31.6 Å². The van der Waals surface area contributed by atoms with Gasteiger partial charge in [-0.1, -0.05) is 0 Å². The minimum atomic E-state index is -0.425. The molecule has 0 aliphatic rings. The molecule has 1 N–H and O–H groups in total. The number of thioether (sulfide) groups is 1. The maximum absolute atomic E-state index is 11.3. The topological polar surface area (TPSA) is 51.5 Å². The number of ether oxygens (including phenoxy) is 1. The van der Waals surface area contributed by atoms with Crippen LogP contribution in [-0.2, 0) is 11.3 Å². The predicted octanol–water partition coefficient (Wildman–Crippen LogP) is 1.91. The number of rotatable bonds is 7. The van der Waals surface area contributed by atoms with Gasteiger partial charge in [-0.2, -0.15) is 11.8 Å². The monoisotopic (exact) mass is 243 g/mol. The smallest absolute Gasteiger partial charge is 0.374 e. The van der Waals surface area contributed by atoms with Crippen LogP contribution in [0.4, 0.5) is 0 Å². The highest BCUT2D eigenvalue weighted by atomic mass is 32.2. The number of furan rings is 1. The summed E-state index contributed by atoms with van der Waals surface area (Å²) >= 11 is 1.83. The van der Waals surface area contributed by atoms with E-state index in [4.69, 9.17) is 4.42 Å². The zero-order valence-electron chi connectivity index (χ0n) is 9.62. The Morgan fingerprint density at radius 1 is 1.62 bits per heavy atom. The van der Waals surface area contributed by atoms with Gasteiger partial charge in [-0.3, -0.25) is 0 Å². The van der Waals surface area contributed by atoms with Gasteiger partial charge in [-0.05, 0) is 31.0 Å². The van der Waals surface area contributed by atoms with Gasteiger partial charge < -0.3 is 14.5 Å². The van der Waals surface area contributed by atoms with Crippen molar-refractivity contribution in [2.75, 3.05) is 25.7 Å². The molecular weight excluding hydrogens is 226 g/mol. The number of carbonyl (C=O) groups excluding carboxylic acids is 1. The lowest BCUT2D eigenvalue weighted by molar-refractivity contribution is 0.0563. The fourth-order valence-corrected chi connectivity index (χ4v) is 1.74.